The first kappa shape index (κ1) is 15.9. The number of fused-ring (bicyclic) bond motifs is 1. The van der Waals surface area contributed by atoms with Gasteiger partial charge in [0.15, 0.2) is 0 Å². The number of carbonyl (C=O) groups excluding carboxylic acids is 1. The molecule has 0 radical (unpaired) electrons. The van der Waals surface area contributed by atoms with Crippen molar-refractivity contribution in [2.75, 3.05) is 0 Å². The van der Waals surface area contributed by atoms with Gasteiger partial charge in [-0.25, -0.2) is 0 Å². The van der Waals surface area contributed by atoms with Crippen molar-refractivity contribution in [3.63, 3.8) is 0 Å². The van der Waals surface area contributed by atoms with Gasteiger partial charge in [-0.1, -0.05) is 0 Å². The molecule has 118 valence electrons. The van der Waals surface area contributed by atoms with Crippen molar-refractivity contribution in [1.82, 2.24) is 0 Å². The van der Waals surface area contributed by atoms with Crippen molar-refractivity contribution in [3.05, 3.63) is 69.8 Å². The molecule has 0 fully saturated rings. The molecule has 1 N–H and O–H groups in total. The zero-order valence-corrected chi connectivity index (χ0v) is 14.2. The molecule has 23 heavy (non-hydrogen) atoms. The number of nitro groups is 1. The van der Waals surface area contributed by atoms with Gasteiger partial charge in [0, 0.05) is 0 Å². The Bertz CT molecular complexity index is 759. The van der Waals surface area contributed by atoms with E-state index in [1.54, 1.807) is 0 Å². The van der Waals surface area contributed by atoms with Gasteiger partial charge in [0.05, 0.1) is 0 Å². The molecule has 3 unspecified atom stereocenters. The molecule has 2 aromatic carbocycles. The van der Waals surface area contributed by atoms with Crippen molar-refractivity contribution in [1.29, 1.82) is 0 Å². The number of aliphatic hydroxyl groups excluding tert-OH is 1. The Morgan fingerprint density at radius 3 is 2.52 bits per heavy atom. The predicted octanol–water partition coefficient (Wildman–Crippen LogP) is 2.47. The van der Waals surface area contributed by atoms with Crippen LogP contribution in [0.4, 0.5) is 5.69 Å². The molecular weight excluding hydrogens is 361 g/mol. The molecular formula is C17H16NO4Se+. The Morgan fingerprint density at radius 2 is 1.87 bits per heavy atom. The fraction of sp³-hybridized carbons (Fsp3) is 0.235. The monoisotopic (exact) mass is 378 g/mol. The summed E-state index contributed by atoms with van der Waals surface area (Å²) >= 11 is -1.14. The van der Waals surface area contributed by atoms with Crippen LogP contribution < -0.4 is 4.46 Å². The molecule has 0 amide bonds. The van der Waals surface area contributed by atoms with Crippen LogP contribution in [0.3, 0.4) is 0 Å². The summed E-state index contributed by atoms with van der Waals surface area (Å²) < 4.78 is 1.14. The molecule has 1 aliphatic rings. The van der Waals surface area contributed by atoms with Crippen LogP contribution in [0.1, 0.15) is 22.0 Å². The van der Waals surface area contributed by atoms with E-state index in [2.05, 4.69) is 5.82 Å². The first-order valence-corrected chi connectivity index (χ1v) is 11.0. The molecule has 5 nitrogen and oxygen atoms in total. The summed E-state index contributed by atoms with van der Waals surface area (Å²) in [7, 11) is 0. The Morgan fingerprint density at radius 1 is 1.22 bits per heavy atom. The second kappa shape index (κ2) is 6.24. The summed E-state index contributed by atoms with van der Waals surface area (Å²) in [5.41, 5.74) is 1.24. The SMILES string of the molecule is C[Se+]1CC(C(O)c2ccc([N+](=O)[O-])cc2)C(=O)c2ccccc21. The van der Waals surface area contributed by atoms with Crippen LogP contribution >= 0.6 is 0 Å². The molecule has 0 aromatic heterocycles. The van der Waals surface area contributed by atoms with Crippen LogP contribution in [0.15, 0.2) is 48.5 Å². The molecule has 3 atom stereocenters. The van der Waals surface area contributed by atoms with E-state index in [0.717, 1.165) is 10.0 Å². The average molecular weight is 377 g/mol. The van der Waals surface area contributed by atoms with Crippen LogP contribution in [0.25, 0.3) is 0 Å². The van der Waals surface area contributed by atoms with Gasteiger partial charge in [-0.05, 0) is 0 Å². The van der Waals surface area contributed by atoms with Gasteiger partial charge in [0.25, 0.3) is 0 Å². The number of hydrogen-bond acceptors (Lipinski definition) is 4. The van der Waals surface area contributed by atoms with Crippen LogP contribution in [-0.2, 0) is 0 Å². The second-order valence-electron chi connectivity index (χ2n) is 5.56. The second-order valence-corrected chi connectivity index (χ2v) is 9.86. The fourth-order valence-corrected chi connectivity index (χ4v) is 6.87. The Balaban J connectivity index is 1.90. The van der Waals surface area contributed by atoms with Gasteiger partial charge >= 0.3 is 138 Å². The maximum absolute atomic E-state index is 12.7. The Labute approximate surface area is 138 Å². The quantitative estimate of drug-likeness (QED) is 0.506. The van der Waals surface area contributed by atoms with Crippen molar-refractivity contribution in [2.45, 2.75) is 17.2 Å². The summed E-state index contributed by atoms with van der Waals surface area (Å²) in [5, 5.41) is 22.0. The van der Waals surface area contributed by atoms with E-state index < -0.39 is 30.8 Å². The third-order valence-corrected chi connectivity index (χ3v) is 8.25. The number of nitro benzene ring substituents is 1. The third-order valence-electron chi connectivity index (χ3n) is 4.12. The molecule has 0 bridgehead atoms. The zero-order chi connectivity index (χ0) is 16.6. The number of ketones is 1. The van der Waals surface area contributed by atoms with Crippen molar-refractivity contribution in [3.8, 4) is 0 Å². The van der Waals surface area contributed by atoms with E-state index in [9.17, 15) is 20.0 Å². The van der Waals surface area contributed by atoms with Gasteiger partial charge in [0.2, 0.25) is 0 Å². The number of aliphatic hydroxyl groups is 1. The minimum atomic E-state index is -1.14. The van der Waals surface area contributed by atoms with E-state index in [1.165, 1.54) is 24.3 Å². The van der Waals surface area contributed by atoms with Gasteiger partial charge < -0.3 is 0 Å². The third kappa shape index (κ3) is 2.93. The first-order chi connectivity index (χ1) is 11.0. The van der Waals surface area contributed by atoms with E-state index in [1.807, 2.05) is 24.3 Å². The van der Waals surface area contributed by atoms with Gasteiger partial charge in [-0.15, -0.1) is 0 Å². The average Bonchev–Trinajstić information content (AvgIpc) is 2.57. The number of hydrogen-bond donors (Lipinski definition) is 1. The molecule has 6 heteroatoms. The summed E-state index contributed by atoms with van der Waals surface area (Å²) in [6.45, 7) is 0. The van der Waals surface area contributed by atoms with Crippen LogP contribution in [0, 0.1) is 16.0 Å². The summed E-state index contributed by atoms with van der Waals surface area (Å²) in [6, 6.07) is 13.4. The van der Waals surface area contributed by atoms with Crippen molar-refractivity contribution in [2.24, 2.45) is 5.92 Å². The van der Waals surface area contributed by atoms with Gasteiger partial charge in [-0.3, -0.25) is 0 Å². The summed E-state index contributed by atoms with van der Waals surface area (Å²) in [4.78, 5) is 22.9. The standard InChI is InChI=1S/C17H16NO4Se/c1-23-10-14(17(20)13-4-2-3-5-15(13)23)16(19)11-6-8-12(9-7-11)18(21)22/h2-9,14,16,19H,10H2,1H3/q+1. The molecule has 1 heterocycles. The van der Waals surface area contributed by atoms with Crippen LogP contribution in [-0.4, -0.2) is 29.7 Å². The van der Waals surface area contributed by atoms with Gasteiger partial charge in [-0.2, -0.15) is 0 Å². The Hall–Kier alpha value is -2.01. The number of benzene rings is 2. The first-order valence-electron chi connectivity index (χ1n) is 7.17. The number of non-ortho nitro benzene ring substituents is 1. The molecule has 3 rings (SSSR count). The number of Topliss-reactive ketones (excluding diaryl/α,β-unsaturated/α-hetero) is 1. The summed E-state index contributed by atoms with van der Waals surface area (Å²) in [6.07, 6.45) is -0.928. The van der Waals surface area contributed by atoms with E-state index in [-0.39, 0.29) is 11.5 Å². The normalized spacial score (nSPS) is 21.6. The molecule has 0 aliphatic carbocycles. The molecule has 1 aliphatic heterocycles. The predicted molar refractivity (Wildman–Crippen MR) is 88.4 cm³/mol. The van der Waals surface area contributed by atoms with E-state index >= 15 is 0 Å². The minimum absolute atomic E-state index is 0.0249. The number of carbonyl (C=O) groups is 1. The van der Waals surface area contributed by atoms with E-state index in [4.69, 9.17) is 0 Å². The van der Waals surface area contributed by atoms with Crippen LogP contribution in [0.2, 0.25) is 11.1 Å². The number of nitrogens with zero attached hydrogens (tertiary/aromatic N) is 1. The zero-order valence-electron chi connectivity index (χ0n) is 12.5. The summed E-state index contributed by atoms with van der Waals surface area (Å²) in [5.74, 6) is 1.66. The molecule has 0 saturated carbocycles. The fourth-order valence-electron chi connectivity index (χ4n) is 2.87. The van der Waals surface area contributed by atoms with Crippen LogP contribution in [0.5, 0.6) is 0 Å². The maximum atomic E-state index is 12.7. The molecule has 0 spiro atoms. The van der Waals surface area contributed by atoms with Gasteiger partial charge in [0.1, 0.15) is 0 Å². The number of rotatable bonds is 3. The topological polar surface area (TPSA) is 80.4 Å². The Kier molecular flexibility index (Phi) is 4.30. The van der Waals surface area contributed by atoms with E-state index in [0.29, 0.717) is 10.9 Å². The molecule has 0 saturated heterocycles. The molecule has 2 aromatic rings. The van der Waals surface area contributed by atoms with Crippen molar-refractivity contribution < 1.29 is 14.8 Å². The van der Waals surface area contributed by atoms with Crippen molar-refractivity contribution >= 4 is 29.8 Å².